The highest BCUT2D eigenvalue weighted by atomic mass is 16.5. The molecule has 3 rings (SSSR count). The average Bonchev–Trinajstić information content (AvgIpc) is 3.08. The van der Waals surface area contributed by atoms with Gasteiger partial charge in [0.05, 0.1) is 14.2 Å². The first-order valence-corrected chi connectivity index (χ1v) is 8.74. The lowest BCUT2D eigenvalue weighted by atomic mass is 9.71. The van der Waals surface area contributed by atoms with Crippen LogP contribution < -0.4 is 0 Å². The molecule has 0 aromatic heterocycles. The molecule has 0 spiro atoms. The van der Waals surface area contributed by atoms with Crippen molar-refractivity contribution in [3.05, 3.63) is 11.6 Å². The first-order valence-electron chi connectivity index (χ1n) is 8.74. The number of esters is 2. The summed E-state index contributed by atoms with van der Waals surface area (Å²) >= 11 is 0. The summed E-state index contributed by atoms with van der Waals surface area (Å²) in [4.78, 5) is 37.5. The summed E-state index contributed by atoms with van der Waals surface area (Å²) in [6, 6.07) is 0. The number of rotatable bonds is 2. The maximum Gasteiger partial charge on any atom is 0.323 e. The van der Waals surface area contributed by atoms with Crippen molar-refractivity contribution in [2.24, 2.45) is 22.7 Å². The molecule has 3 aliphatic rings. The van der Waals surface area contributed by atoms with Crippen LogP contribution in [0.2, 0.25) is 0 Å². The summed E-state index contributed by atoms with van der Waals surface area (Å²) in [5, 5.41) is 0. The van der Waals surface area contributed by atoms with Gasteiger partial charge in [0.2, 0.25) is 0 Å². The Morgan fingerprint density at radius 3 is 2.50 bits per heavy atom. The van der Waals surface area contributed by atoms with Crippen LogP contribution >= 0.6 is 0 Å². The van der Waals surface area contributed by atoms with Gasteiger partial charge in [-0.05, 0) is 49.4 Å². The largest absolute Gasteiger partial charge is 0.468 e. The molecule has 0 bridgehead atoms. The molecule has 2 fully saturated rings. The van der Waals surface area contributed by atoms with E-state index in [0.717, 1.165) is 19.3 Å². The number of hydrogen-bond acceptors (Lipinski definition) is 5. The van der Waals surface area contributed by atoms with E-state index in [1.165, 1.54) is 19.8 Å². The van der Waals surface area contributed by atoms with Gasteiger partial charge in [-0.1, -0.05) is 18.6 Å². The smallest absolute Gasteiger partial charge is 0.323 e. The molecule has 0 radical (unpaired) electrons. The molecule has 5 heteroatoms. The third-order valence-electron chi connectivity index (χ3n) is 6.35. The molecule has 0 aliphatic heterocycles. The number of allylic oxidation sites excluding steroid dienone is 2. The van der Waals surface area contributed by atoms with Crippen LogP contribution in [-0.2, 0) is 23.9 Å². The Kier molecular flexibility index (Phi) is 4.30. The van der Waals surface area contributed by atoms with E-state index in [4.69, 9.17) is 9.47 Å². The molecule has 3 aliphatic carbocycles. The second-order valence-electron chi connectivity index (χ2n) is 7.96. The van der Waals surface area contributed by atoms with Gasteiger partial charge < -0.3 is 9.47 Å². The summed E-state index contributed by atoms with van der Waals surface area (Å²) in [6.45, 7) is 2.02. The van der Waals surface area contributed by atoms with E-state index in [0.29, 0.717) is 31.6 Å². The monoisotopic (exact) mass is 334 g/mol. The van der Waals surface area contributed by atoms with Crippen molar-refractivity contribution >= 4 is 17.7 Å². The van der Waals surface area contributed by atoms with E-state index in [-0.39, 0.29) is 11.7 Å². The van der Waals surface area contributed by atoms with Crippen LogP contribution in [-0.4, -0.2) is 31.9 Å². The predicted molar refractivity (Wildman–Crippen MR) is 87.0 cm³/mol. The zero-order valence-electron chi connectivity index (χ0n) is 14.7. The molecule has 0 aromatic carbocycles. The third-order valence-corrected chi connectivity index (χ3v) is 6.35. The summed E-state index contributed by atoms with van der Waals surface area (Å²) in [7, 11) is 2.60. The van der Waals surface area contributed by atoms with E-state index in [1.807, 2.05) is 6.92 Å². The summed E-state index contributed by atoms with van der Waals surface area (Å²) in [5.74, 6) is -0.471. The topological polar surface area (TPSA) is 69.7 Å². The van der Waals surface area contributed by atoms with Gasteiger partial charge in [0.25, 0.3) is 0 Å². The number of hydrogen-bond donors (Lipinski definition) is 0. The minimum absolute atomic E-state index is 0.0237. The van der Waals surface area contributed by atoms with Gasteiger partial charge in [-0.2, -0.15) is 0 Å². The van der Waals surface area contributed by atoms with Gasteiger partial charge in [-0.3, -0.25) is 14.4 Å². The van der Waals surface area contributed by atoms with E-state index >= 15 is 0 Å². The number of carbonyl (C=O) groups excluding carboxylic acids is 3. The Morgan fingerprint density at radius 2 is 1.88 bits per heavy atom. The van der Waals surface area contributed by atoms with Gasteiger partial charge in [0.1, 0.15) is 5.78 Å². The molecule has 0 saturated heterocycles. The fraction of sp³-hybridized carbons (Fsp3) is 0.737. The van der Waals surface area contributed by atoms with Gasteiger partial charge in [0.15, 0.2) is 5.41 Å². The lowest BCUT2D eigenvalue weighted by Crippen LogP contribution is -2.40. The van der Waals surface area contributed by atoms with Crippen LogP contribution in [0.4, 0.5) is 0 Å². The Morgan fingerprint density at radius 1 is 1.21 bits per heavy atom. The highest BCUT2D eigenvalue weighted by Crippen LogP contribution is 2.58. The lowest BCUT2D eigenvalue weighted by molar-refractivity contribution is -0.169. The van der Waals surface area contributed by atoms with Crippen molar-refractivity contribution < 1.29 is 23.9 Å². The molecule has 2 saturated carbocycles. The van der Waals surface area contributed by atoms with Crippen LogP contribution in [0.25, 0.3) is 0 Å². The van der Waals surface area contributed by atoms with Gasteiger partial charge in [-0.15, -0.1) is 0 Å². The fourth-order valence-corrected chi connectivity index (χ4v) is 5.20. The quantitative estimate of drug-likeness (QED) is 0.441. The molecule has 0 aromatic rings. The number of ether oxygens (including phenoxy) is 2. The van der Waals surface area contributed by atoms with E-state index < -0.39 is 22.8 Å². The van der Waals surface area contributed by atoms with Crippen molar-refractivity contribution in [3.8, 4) is 0 Å². The molecule has 5 nitrogen and oxygen atoms in total. The normalized spacial score (nSPS) is 36.6. The van der Waals surface area contributed by atoms with Crippen LogP contribution in [0.15, 0.2) is 11.6 Å². The molecular formula is C19H26O5. The maximum atomic E-state index is 12.6. The second-order valence-corrected chi connectivity index (χ2v) is 7.96. The highest BCUT2D eigenvalue weighted by Gasteiger charge is 2.61. The number of fused-ring (bicyclic) bond motifs is 2. The van der Waals surface area contributed by atoms with Crippen molar-refractivity contribution in [2.45, 2.75) is 51.9 Å². The Hall–Kier alpha value is -1.65. The Balaban J connectivity index is 2.03. The first kappa shape index (κ1) is 17.2. The minimum Gasteiger partial charge on any atom is -0.468 e. The SMILES string of the molecule is COC(=O)C1(C(=O)OC)C[C@H]2/C=C3/CCC[C@H]3CC(=O)C[C@@]2(C)C1. The highest BCUT2D eigenvalue weighted by molar-refractivity contribution is 6.00. The zero-order chi connectivity index (χ0) is 17.5. The molecule has 24 heavy (non-hydrogen) atoms. The first-order chi connectivity index (χ1) is 11.3. The molecule has 0 heterocycles. The van der Waals surface area contributed by atoms with Gasteiger partial charge in [-0.25, -0.2) is 0 Å². The molecule has 0 N–H and O–H groups in total. The molecule has 0 amide bonds. The van der Waals surface area contributed by atoms with E-state index in [2.05, 4.69) is 6.08 Å². The van der Waals surface area contributed by atoms with Gasteiger partial charge >= 0.3 is 11.9 Å². The van der Waals surface area contributed by atoms with Crippen LogP contribution in [0.3, 0.4) is 0 Å². The maximum absolute atomic E-state index is 12.6. The standard InChI is InChI=1S/C19H26O5/c1-18-10-15(20)8-13-6-4-5-12(13)7-14(18)9-19(11-18,16(21)23-2)17(22)24-3/h7,13-14H,4-6,8-11H2,1-3H3/b12-7-/t13-,14+,18-/m0/s1. The molecule has 132 valence electrons. The van der Waals surface area contributed by atoms with E-state index in [1.54, 1.807) is 0 Å². The van der Waals surface area contributed by atoms with Crippen LogP contribution in [0.1, 0.15) is 51.9 Å². The molecule has 0 unspecified atom stereocenters. The average molecular weight is 334 g/mol. The van der Waals surface area contributed by atoms with Crippen LogP contribution in [0, 0.1) is 22.7 Å². The van der Waals surface area contributed by atoms with E-state index in [9.17, 15) is 14.4 Å². The van der Waals surface area contributed by atoms with Crippen molar-refractivity contribution in [1.82, 2.24) is 0 Å². The summed E-state index contributed by atoms with van der Waals surface area (Å²) in [5.41, 5.74) is -0.358. The fourth-order valence-electron chi connectivity index (χ4n) is 5.20. The second kappa shape index (κ2) is 6.01. The third kappa shape index (κ3) is 2.58. The van der Waals surface area contributed by atoms with Crippen molar-refractivity contribution in [2.75, 3.05) is 14.2 Å². The van der Waals surface area contributed by atoms with Crippen molar-refractivity contribution in [3.63, 3.8) is 0 Å². The summed E-state index contributed by atoms with van der Waals surface area (Å²) in [6.07, 6.45) is 7.15. The Labute approximate surface area is 142 Å². The van der Waals surface area contributed by atoms with Gasteiger partial charge in [0, 0.05) is 12.8 Å². The molecule has 3 atom stereocenters. The Bertz CT molecular complexity index is 589. The molecular weight excluding hydrogens is 308 g/mol. The zero-order valence-corrected chi connectivity index (χ0v) is 14.7. The number of methoxy groups -OCH3 is 2. The lowest BCUT2D eigenvalue weighted by Gasteiger charge is -2.33. The number of Topliss-reactive ketones (excluding diaryl/α,β-unsaturated/α-hetero) is 1. The number of ketones is 1. The number of carbonyl (C=O) groups is 3. The summed E-state index contributed by atoms with van der Waals surface area (Å²) < 4.78 is 9.88. The minimum atomic E-state index is -1.29. The van der Waals surface area contributed by atoms with Crippen LogP contribution in [0.5, 0.6) is 0 Å². The van der Waals surface area contributed by atoms with Crippen molar-refractivity contribution in [1.29, 1.82) is 0 Å². The predicted octanol–water partition coefficient (Wildman–Crippen LogP) is 2.82.